The molecular formula is C45H32N4O. The summed E-state index contributed by atoms with van der Waals surface area (Å²) < 4.78 is 6.70. The van der Waals surface area contributed by atoms with E-state index in [1.807, 2.05) is 91.3 Å². The van der Waals surface area contributed by atoms with E-state index < -0.39 is 0 Å². The SMILES string of the molecule is C=CCCc1c(C)c2ccccc2c2cc(-c3cncc4c3oc3cccc(-c5nc(-c6ccccc6)nc(-c6ccccc6)n5)c34)ccc12. The molecule has 238 valence electrons. The van der Waals surface area contributed by atoms with Gasteiger partial charge in [0.25, 0.3) is 0 Å². The molecule has 0 spiro atoms. The largest absolute Gasteiger partial charge is 0.455 e. The highest BCUT2D eigenvalue weighted by molar-refractivity contribution is 6.16. The normalized spacial score (nSPS) is 11.5. The minimum atomic E-state index is 0.580. The molecule has 0 fully saturated rings. The summed E-state index contributed by atoms with van der Waals surface area (Å²) in [5.74, 6) is 1.81. The Morgan fingerprint density at radius 1 is 0.580 bits per heavy atom. The summed E-state index contributed by atoms with van der Waals surface area (Å²) in [6.07, 6.45) is 7.68. The van der Waals surface area contributed by atoms with Crippen molar-refractivity contribution in [3.05, 3.63) is 158 Å². The van der Waals surface area contributed by atoms with Gasteiger partial charge in [0.1, 0.15) is 11.2 Å². The summed E-state index contributed by atoms with van der Waals surface area (Å²) in [7, 11) is 0. The van der Waals surface area contributed by atoms with E-state index in [4.69, 9.17) is 24.4 Å². The van der Waals surface area contributed by atoms with Gasteiger partial charge in [0.15, 0.2) is 17.5 Å². The minimum absolute atomic E-state index is 0.580. The van der Waals surface area contributed by atoms with Crippen LogP contribution in [0.5, 0.6) is 0 Å². The Morgan fingerprint density at radius 3 is 1.98 bits per heavy atom. The van der Waals surface area contributed by atoms with Crippen LogP contribution in [-0.4, -0.2) is 19.9 Å². The Kier molecular flexibility index (Phi) is 7.24. The lowest BCUT2D eigenvalue weighted by molar-refractivity contribution is 0.669. The number of aryl methyl sites for hydroxylation is 2. The first-order valence-electron chi connectivity index (χ1n) is 16.9. The van der Waals surface area contributed by atoms with Crippen LogP contribution in [0.4, 0.5) is 0 Å². The molecule has 0 radical (unpaired) electrons. The van der Waals surface area contributed by atoms with Crippen molar-refractivity contribution in [1.29, 1.82) is 0 Å². The zero-order valence-electron chi connectivity index (χ0n) is 27.6. The highest BCUT2D eigenvalue weighted by Crippen LogP contribution is 2.42. The van der Waals surface area contributed by atoms with Gasteiger partial charge in [-0.25, -0.2) is 15.0 Å². The monoisotopic (exact) mass is 644 g/mol. The number of hydrogen-bond acceptors (Lipinski definition) is 5. The molecule has 0 unspecified atom stereocenters. The van der Waals surface area contributed by atoms with Crippen LogP contribution in [0.2, 0.25) is 0 Å². The maximum atomic E-state index is 6.70. The van der Waals surface area contributed by atoms with Crippen molar-refractivity contribution in [3.8, 4) is 45.3 Å². The zero-order chi connectivity index (χ0) is 33.6. The Morgan fingerprint density at radius 2 is 1.26 bits per heavy atom. The third-order valence-corrected chi connectivity index (χ3v) is 9.67. The maximum absolute atomic E-state index is 6.70. The Balaban J connectivity index is 1.26. The first-order chi connectivity index (χ1) is 24.7. The molecule has 0 aliphatic carbocycles. The van der Waals surface area contributed by atoms with E-state index in [1.54, 1.807) is 0 Å². The van der Waals surface area contributed by atoms with Crippen LogP contribution >= 0.6 is 0 Å². The van der Waals surface area contributed by atoms with Crippen LogP contribution in [-0.2, 0) is 6.42 Å². The van der Waals surface area contributed by atoms with E-state index in [-0.39, 0.29) is 0 Å². The van der Waals surface area contributed by atoms with Gasteiger partial charge in [-0.15, -0.1) is 6.58 Å². The molecule has 3 aromatic heterocycles. The highest BCUT2D eigenvalue weighted by atomic mass is 16.3. The smallest absolute Gasteiger partial charge is 0.164 e. The third-order valence-electron chi connectivity index (χ3n) is 9.67. The van der Waals surface area contributed by atoms with Gasteiger partial charge in [0, 0.05) is 45.4 Å². The second kappa shape index (κ2) is 12.2. The van der Waals surface area contributed by atoms with Gasteiger partial charge < -0.3 is 4.42 Å². The number of hydrogen-bond donors (Lipinski definition) is 0. The molecule has 5 nitrogen and oxygen atoms in total. The lowest BCUT2D eigenvalue weighted by atomic mass is 9.88. The van der Waals surface area contributed by atoms with E-state index in [0.717, 1.165) is 62.6 Å². The second-order valence-corrected chi connectivity index (χ2v) is 12.6. The summed E-state index contributed by atoms with van der Waals surface area (Å²) in [6, 6.07) is 41.6. The van der Waals surface area contributed by atoms with E-state index in [1.165, 1.54) is 32.7 Å². The minimum Gasteiger partial charge on any atom is -0.455 e. The topological polar surface area (TPSA) is 64.7 Å². The fourth-order valence-corrected chi connectivity index (χ4v) is 7.24. The van der Waals surface area contributed by atoms with Crippen molar-refractivity contribution < 1.29 is 4.42 Å². The number of fused-ring (bicyclic) bond motifs is 6. The van der Waals surface area contributed by atoms with Crippen LogP contribution in [0.15, 0.2) is 151 Å². The van der Waals surface area contributed by atoms with E-state index in [2.05, 4.69) is 62.0 Å². The van der Waals surface area contributed by atoms with Crippen molar-refractivity contribution >= 4 is 43.5 Å². The Hall–Kier alpha value is -6.46. The standard InChI is InChI=1S/C45H32N4O/c1-3-4-18-32-28(2)33-19-11-12-20-34(33)37-25-31(23-24-35(32)37)38-26-46-27-39-41-36(21-13-22-40(41)50-42(38)39)45-48-43(29-14-7-5-8-15-29)47-44(49-45)30-16-9-6-10-17-30/h3,5-17,19-27H,1,4,18H2,2H3. The van der Waals surface area contributed by atoms with Crippen molar-refractivity contribution in [2.75, 3.05) is 0 Å². The maximum Gasteiger partial charge on any atom is 0.164 e. The van der Waals surface area contributed by atoms with Gasteiger partial charge >= 0.3 is 0 Å². The first kappa shape index (κ1) is 29.7. The van der Waals surface area contributed by atoms with Gasteiger partial charge in [-0.3, -0.25) is 4.98 Å². The molecule has 50 heavy (non-hydrogen) atoms. The molecule has 0 saturated carbocycles. The molecule has 3 heterocycles. The fourth-order valence-electron chi connectivity index (χ4n) is 7.24. The van der Waals surface area contributed by atoms with Gasteiger partial charge in [0.05, 0.1) is 0 Å². The highest BCUT2D eigenvalue weighted by Gasteiger charge is 2.20. The van der Waals surface area contributed by atoms with Crippen LogP contribution in [0.25, 0.3) is 88.8 Å². The molecule has 0 N–H and O–H groups in total. The number of aromatic nitrogens is 4. The van der Waals surface area contributed by atoms with Gasteiger partial charge in [0.2, 0.25) is 0 Å². The first-order valence-corrected chi connectivity index (χ1v) is 16.9. The Labute approximate surface area is 289 Å². The van der Waals surface area contributed by atoms with E-state index >= 15 is 0 Å². The van der Waals surface area contributed by atoms with Crippen LogP contribution < -0.4 is 0 Å². The van der Waals surface area contributed by atoms with Crippen molar-refractivity contribution in [3.63, 3.8) is 0 Å². The summed E-state index contributed by atoms with van der Waals surface area (Å²) in [5, 5.41) is 6.87. The average Bonchev–Trinajstić information content (AvgIpc) is 3.58. The van der Waals surface area contributed by atoms with E-state index in [9.17, 15) is 0 Å². The number of pyridine rings is 1. The molecule has 0 aliphatic rings. The molecular weight excluding hydrogens is 613 g/mol. The molecule has 9 aromatic rings. The van der Waals surface area contributed by atoms with E-state index in [0.29, 0.717) is 17.5 Å². The lowest BCUT2D eigenvalue weighted by Gasteiger charge is -2.16. The molecule has 0 atom stereocenters. The molecule has 0 saturated heterocycles. The number of nitrogens with zero attached hydrogens (tertiary/aromatic N) is 4. The predicted molar refractivity (Wildman–Crippen MR) is 205 cm³/mol. The Bertz CT molecular complexity index is 2670. The van der Waals surface area contributed by atoms with Crippen molar-refractivity contribution in [2.45, 2.75) is 19.8 Å². The van der Waals surface area contributed by atoms with Crippen LogP contribution in [0.1, 0.15) is 17.5 Å². The predicted octanol–water partition coefficient (Wildman–Crippen LogP) is 11.6. The fraction of sp³-hybridized carbons (Fsp3) is 0.0667. The second-order valence-electron chi connectivity index (χ2n) is 12.6. The summed E-state index contributed by atoms with van der Waals surface area (Å²) in [5.41, 5.74) is 8.95. The third kappa shape index (κ3) is 4.94. The van der Waals surface area contributed by atoms with Gasteiger partial charge in [-0.1, -0.05) is 115 Å². The summed E-state index contributed by atoms with van der Waals surface area (Å²) >= 11 is 0. The number of rotatable bonds is 7. The molecule has 6 aromatic carbocycles. The zero-order valence-corrected chi connectivity index (χ0v) is 27.6. The van der Waals surface area contributed by atoms with Crippen LogP contribution in [0, 0.1) is 6.92 Å². The molecule has 0 amide bonds. The number of furan rings is 1. The quantitative estimate of drug-likeness (QED) is 0.128. The molecule has 9 rings (SSSR count). The summed E-state index contributed by atoms with van der Waals surface area (Å²) in [6.45, 7) is 6.22. The molecule has 0 aliphatic heterocycles. The molecule has 0 bridgehead atoms. The average molecular weight is 645 g/mol. The van der Waals surface area contributed by atoms with Gasteiger partial charge in [-0.2, -0.15) is 0 Å². The number of allylic oxidation sites excluding steroid dienone is 1. The number of benzene rings is 6. The van der Waals surface area contributed by atoms with Crippen LogP contribution in [0.3, 0.4) is 0 Å². The summed E-state index contributed by atoms with van der Waals surface area (Å²) in [4.78, 5) is 19.7. The van der Waals surface area contributed by atoms with Gasteiger partial charge in [-0.05, 0) is 70.1 Å². The molecule has 5 heteroatoms. The van der Waals surface area contributed by atoms with Crippen molar-refractivity contribution in [1.82, 2.24) is 19.9 Å². The van der Waals surface area contributed by atoms with Crippen molar-refractivity contribution in [2.24, 2.45) is 0 Å². The lowest BCUT2D eigenvalue weighted by Crippen LogP contribution is -2.00.